The Kier molecular flexibility index (Phi) is 3.20. The molecule has 0 bridgehead atoms. The van der Waals surface area contributed by atoms with Gasteiger partial charge >= 0.3 is 0 Å². The number of β-lactam (4-membered cyclic amide) rings is 1. The summed E-state index contributed by atoms with van der Waals surface area (Å²) in [5.74, 6) is -0.596. The molecule has 5 heteroatoms. The Balaban J connectivity index is 1.97. The van der Waals surface area contributed by atoms with E-state index >= 15 is 0 Å². The lowest BCUT2D eigenvalue weighted by molar-refractivity contribution is -0.126. The average molecular weight is 291 g/mol. The molecule has 2 N–H and O–H groups in total. The van der Waals surface area contributed by atoms with Gasteiger partial charge in [-0.05, 0) is 35.9 Å². The smallest absolute Gasteiger partial charge is 0.247 e. The number of benzene rings is 2. The Hall–Kier alpha value is -1.91. The van der Waals surface area contributed by atoms with Gasteiger partial charge in [0.1, 0.15) is 11.9 Å². The highest BCUT2D eigenvalue weighted by Gasteiger charge is 2.46. The van der Waals surface area contributed by atoms with Crippen LogP contribution in [-0.2, 0) is 4.79 Å². The molecule has 0 unspecified atom stereocenters. The fourth-order valence-corrected chi connectivity index (χ4v) is 2.57. The molecule has 1 aliphatic rings. The van der Waals surface area contributed by atoms with Gasteiger partial charge < -0.3 is 10.6 Å². The lowest BCUT2D eigenvalue weighted by Gasteiger charge is -2.45. The first kappa shape index (κ1) is 13.1. The maximum atomic E-state index is 13.3. The molecule has 102 valence electrons. The van der Waals surface area contributed by atoms with Crippen molar-refractivity contribution >= 4 is 23.2 Å². The molecule has 0 radical (unpaired) electrons. The maximum absolute atomic E-state index is 13.3. The Morgan fingerprint density at radius 2 is 1.85 bits per heavy atom. The Morgan fingerprint density at radius 3 is 2.50 bits per heavy atom. The summed E-state index contributed by atoms with van der Waals surface area (Å²) >= 11 is 5.86. The van der Waals surface area contributed by atoms with E-state index in [-0.39, 0.29) is 17.8 Å². The summed E-state index contributed by atoms with van der Waals surface area (Å²) < 4.78 is 13.3. The third-order valence-electron chi connectivity index (χ3n) is 3.44. The Bertz CT molecular complexity index is 659. The van der Waals surface area contributed by atoms with Crippen molar-refractivity contribution in [3.05, 3.63) is 64.9 Å². The molecule has 1 aliphatic heterocycles. The van der Waals surface area contributed by atoms with Gasteiger partial charge in [-0.25, -0.2) is 4.39 Å². The van der Waals surface area contributed by atoms with Gasteiger partial charge in [-0.15, -0.1) is 0 Å². The van der Waals surface area contributed by atoms with E-state index in [0.29, 0.717) is 10.7 Å². The van der Waals surface area contributed by atoms with Gasteiger partial charge in [0, 0.05) is 10.7 Å². The third kappa shape index (κ3) is 2.07. The van der Waals surface area contributed by atoms with Crippen molar-refractivity contribution in [1.82, 2.24) is 0 Å². The van der Waals surface area contributed by atoms with E-state index in [9.17, 15) is 9.18 Å². The lowest BCUT2D eigenvalue weighted by atomic mass is 9.88. The van der Waals surface area contributed by atoms with Gasteiger partial charge in [-0.2, -0.15) is 0 Å². The van der Waals surface area contributed by atoms with E-state index in [1.807, 2.05) is 12.1 Å². The molecule has 0 spiro atoms. The molecule has 0 saturated carbocycles. The van der Waals surface area contributed by atoms with Crippen molar-refractivity contribution in [1.29, 1.82) is 0 Å². The molecule has 2 atom stereocenters. The summed E-state index contributed by atoms with van der Waals surface area (Å²) in [5.41, 5.74) is 7.28. The standard InChI is InChI=1S/C15H12ClFN2O/c16-10-6-4-9(5-7-10)14-13(18)15(20)19(14)12-3-1-2-11(17)8-12/h1-8,13-14H,18H2/t13-,14+/m0/s1. The van der Waals surface area contributed by atoms with Crippen LogP contribution < -0.4 is 10.6 Å². The van der Waals surface area contributed by atoms with E-state index < -0.39 is 6.04 Å². The highest BCUT2D eigenvalue weighted by Crippen LogP contribution is 2.38. The molecular weight excluding hydrogens is 279 g/mol. The number of hydrogen-bond donors (Lipinski definition) is 1. The molecule has 1 fully saturated rings. The minimum Gasteiger partial charge on any atom is -0.318 e. The largest absolute Gasteiger partial charge is 0.318 e. The zero-order valence-electron chi connectivity index (χ0n) is 10.5. The lowest BCUT2D eigenvalue weighted by Crippen LogP contribution is -2.63. The van der Waals surface area contributed by atoms with Crippen molar-refractivity contribution in [2.24, 2.45) is 5.73 Å². The van der Waals surface area contributed by atoms with Gasteiger partial charge in [0.2, 0.25) is 5.91 Å². The quantitative estimate of drug-likeness (QED) is 0.865. The number of carbonyl (C=O) groups excluding carboxylic acids is 1. The Morgan fingerprint density at radius 1 is 1.15 bits per heavy atom. The highest BCUT2D eigenvalue weighted by atomic mass is 35.5. The number of nitrogens with zero attached hydrogens (tertiary/aromatic N) is 1. The predicted molar refractivity (Wildman–Crippen MR) is 76.1 cm³/mol. The third-order valence-corrected chi connectivity index (χ3v) is 3.69. The first-order chi connectivity index (χ1) is 9.58. The van der Waals surface area contributed by atoms with Gasteiger partial charge in [0.15, 0.2) is 0 Å². The van der Waals surface area contributed by atoms with Crippen LogP contribution in [0.25, 0.3) is 0 Å². The van der Waals surface area contributed by atoms with Crippen LogP contribution in [0.3, 0.4) is 0 Å². The van der Waals surface area contributed by atoms with E-state index in [0.717, 1.165) is 5.56 Å². The van der Waals surface area contributed by atoms with Gasteiger partial charge in [-0.3, -0.25) is 4.79 Å². The molecule has 2 aromatic carbocycles. The molecule has 0 aliphatic carbocycles. The van der Waals surface area contributed by atoms with E-state index in [1.54, 1.807) is 24.3 Å². The second-order valence-electron chi connectivity index (χ2n) is 4.71. The molecule has 2 aromatic rings. The van der Waals surface area contributed by atoms with Crippen LogP contribution in [0, 0.1) is 5.82 Å². The normalized spacial score (nSPS) is 21.8. The monoisotopic (exact) mass is 290 g/mol. The average Bonchev–Trinajstić information content (AvgIpc) is 2.45. The predicted octanol–water partition coefficient (Wildman–Crippen LogP) is 2.89. The highest BCUT2D eigenvalue weighted by molar-refractivity contribution is 6.30. The van der Waals surface area contributed by atoms with E-state index in [2.05, 4.69) is 0 Å². The second-order valence-corrected chi connectivity index (χ2v) is 5.15. The zero-order chi connectivity index (χ0) is 14.3. The van der Waals surface area contributed by atoms with Crippen molar-refractivity contribution in [3.8, 4) is 0 Å². The topological polar surface area (TPSA) is 46.3 Å². The molecule has 1 amide bonds. The van der Waals surface area contributed by atoms with Crippen LogP contribution in [0.4, 0.5) is 10.1 Å². The SMILES string of the molecule is N[C@@H]1C(=O)N(c2cccc(F)c2)[C@@H]1c1ccc(Cl)cc1. The van der Waals surface area contributed by atoms with Crippen LogP contribution >= 0.6 is 11.6 Å². The van der Waals surface area contributed by atoms with Crippen LogP contribution in [0.1, 0.15) is 11.6 Å². The molecule has 0 aromatic heterocycles. The number of anilines is 1. The first-order valence-electron chi connectivity index (χ1n) is 6.17. The number of rotatable bonds is 2. The zero-order valence-corrected chi connectivity index (χ0v) is 11.2. The summed E-state index contributed by atoms with van der Waals surface area (Å²) in [5, 5.41) is 0.616. The first-order valence-corrected chi connectivity index (χ1v) is 6.55. The van der Waals surface area contributed by atoms with Gasteiger partial charge in [0.25, 0.3) is 0 Å². The number of carbonyl (C=O) groups is 1. The van der Waals surface area contributed by atoms with Crippen molar-refractivity contribution in [2.75, 3.05) is 4.90 Å². The van der Waals surface area contributed by atoms with Crippen molar-refractivity contribution in [3.63, 3.8) is 0 Å². The summed E-state index contributed by atoms with van der Waals surface area (Å²) in [6, 6.07) is 12.2. The fraction of sp³-hybridized carbons (Fsp3) is 0.133. The summed E-state index contributed by atoms with van der Waals surface area (Å²) in [6.07, 6.45) is 0. The minimum atomic E-state index is -0.612. The van der Waals surface area contributed by atoms with Crippen LogP contribution in [-0.4, -0.2) is 11.9 Å². The molecule has 3 rings (SSSR count). The van der Waals surface area contributed by atoms with Crippen LogP contribution in [0.2, 0.25) is 5.02 Å². The van der Waals surface area contributed by atoms with Crippen molar-refractivity contribution in [2.45, 2.75) is 12.1 Å². The van der Waals surface area contributed by atoms with Crippen molar-refractivity contribution < 1.29 is 9.18 Å². The summed E-state index contributed by atoms with van der Waals surface area (Å²) in [4.78, 5) is 13.5. The fourth-order valence-electron chi connectivity index (χ4n) is 2.44. The van der Waals surface area contributed by atoms with E-state index in [4.69, 9.17) is 17.3 Å². The van der Waals surface area contributed by atoms with Gasteiger partial charge in [-0.1, -0.05) is 29.8 Å². The van der Waals surface area contributed by atoms with Crippen LogP contribution in [0.5, 0.6) is 0 Å². The summed E-state index contributed by atoms with van der Waals surface area (Å²) in [7, 11) is 0. The summed E-state index contributed by atoms with van der Waals surface area (Å²) in [6.45, 7) is 0. The Labute approximate surface area is 120 Å². The number of amides is 1. The number of hydrogen-bond acceptors (Lipinski definition) is 2. The molecule has 3 nitrogen and oxygen atoms in total. The molecule has 1 heterocycles. The maximum Gasteiger partial charge on any atom is 0.247 e. The molecule has 20 heavy (non-hydrogen) atoms. The molecule has 1 saturated heterocycles. The molecular formula is C15H12ClFN2O. The number of nitrogens with two attached hydrogens (primary N) is 1. The van der Waals surface area contributed by atoms with Gasteiger partial charge in [0.05, 0.1) is 6.04 Å². The number of halogens is 2. The van der Waals surface area contributed by atoms with E-state index in [1.165, 1.54) is 17.0 Å². The van der Waals surface area contributed by atoms with Crippen LogP contribution in [0.15, 0.2) is 48.5 Å². The minimum absolute atomic E-state index is 0.212. The second kappa shape index (κ2) is 4.89.